The minimum Gasteiger partial charge on any atom is -0.399 e. The van der Waals surface area contributed by atoms with Gasteiger partial charge in [-0.3, -0.25) is 14.9 Å². The molecule has 0 unspecified atom stereocenters. The fraction of sp³-hybridized carbons (Fsp3) is 0.200. The van der Waals surface area contributed by atoms with E-state index in [1.54, 1.807) is 4.68 Å². The first-order valence-corrected chi connectivity index (χ1v) is 8.40. The predicted octanol–water partition coefficient (Wildman–Crippen LogP) is 3.98. The second-order valence-corrected chi connectivity index (χ2v) is 5.99. The predicted molar refractivity (Wildman–Crippen MR) is 103 cm³/mol. The Bertz CT molecular complexity index is 934. The molecule has 0 aliphatic rings. The van der Waals surface area contributed by atoms with Crippen LogP contribution in [-0.2, 0) is 0 Å². The second kappa shape index (κ2) is 7.21. The van der Waals surface area contributed by atoms with Crippen molar-refractivity contribution in [1.82, 2.24) is 9.78 Å². The number of nitrogens with two attached hydrogens (primary N) is 1. The summed E-state index contributed by atoms with van der Waals surface area (Å²) in [6, 6.07) is 16.9. The van der Waals surface area contributed by atoms with Gasteiger partial charge in [-0.25, -0.2) is 4.68 Å². The second-order valence-electron chi connectivity index (χ2n) is 5.99. The zero-order valence-corrected chi connectivity index (χ0v) is 14.5. The maximum absolute atomic E-state index is 13.0. The molecule has 3 N–H and O–H groups in total. The molecule has 1 heterocycles. The van der Waals surface area contributed by atoms with Gasteiger partial charge in [0.05, 0.1) is 22.6 Å². The molecular formula is C20H22N4O. The number of rotatable bonds is 5. The van der Waals surface area contributed by atoms with Crippen LogP contribution in [0.5, 0.6) is 0 Å². The third-order valence-corrected chi connectivity index (χ3v) is 4.02. The zero-order valence-electron chi connectivity index (χ0n) is 14.5. The topological polar surface area (TPSA) is 76.2 Å². The van der Waals surface area contributed by atoms with Gasteiger partial charge in [-0.15, -0.1) is 0 Å². The molecule has 0 aliphatic heterocycles. The number of aromatic nitrogens is 2. The summed E-state index contributed by atoms with van der Waals surface area (Å²) in [6.07, 6.45) is 1.64. The van der Waals surface area contributed by atoms with Gasteiger partial charge in [0.2, 0.25) is 0 Å². The van der Waals surface area contributed by atoms with Crippen molar-refractivity contribution in [2.24, 2.45) is 4.99 Å². The first-order chi connectivity index (χ1) is 12.1. The quantitative estimate of drug-likeness (QED) is 0.547. The number of aliphatic imine (C=N–C) groups is 1. The third kappa shape index (κ3) is 3.55. The van der Waals surface area contributed by atoms with Gasteiger partial charge in [0, 0.05) is 11.4 Å². The number of hydrogen-bond acceptors (Lipinski definition) is 3. The number of aromatic amines is 1. The van der Waals surface area contributed by atoms with E-state index in [2.05, 4.69) is 12.0 Å². The third-order valence-electron chi connectivity index (χ3n) is 4.02. The Labute approximate surface area is 146 Å². The van der Waals surface area contributed by atoms with Crippen LogP contribution in [0.25, 0.3) is 5.69 Å². The summed E-state index contributed by atoms with van der Waals surface area (Å²) in [5.41, 5.74) is 10.2. The first kappa shape index (κ1) is 16.8. The summed E-state index contributed by atoms with van der Waals surface area (Å²) in [4.78, 5) is 17.7. The van der Waals surface area contributed by atoms with E-state index in [0.717, 1.165) is 35.6 Å². The minimum atomic E-state index is -0.0775. The van der Waals surface area contributed by atoms with Crippen LogP contribution in [0.1, 0.15) is 31.0 Å². The van der Waals surface area contributed by atoms with Gasteiger partial charge in [-0.2, -0.15) is 0 Å². The summed E-state index contributed by atoms with van der Waals surface area (Å²) in [5, 5.41) is 3.17. The van der Waals surface area contributed by atoms with Crippen LogP contribution < -0.4 is 11.3 Å². The van der Waals surface area contributed by atoms with Crippen LogP contribution in [0, 0.1) is 6.92 Å². The van der Waals surface area contributed by atoms with E-state index in [9.17, 15) is 4.79 Å². The van der Waals surface area contributed by atoms with Crippen molar-refractivity contribution in [3.8, 4) is 5.69 Å². The number of nitrogens with zero attached hydrogens (tertiary/aromatic N) is 2. The molecule has 0 radical (unpaired) electrons. The molecule has 0 spiro atoms. The number of H-pyrrole nitrogens is 1. The van der Waals surface area contributed by atoms with E-state index in [1.807, 2.05) is 61.5 Å². The van der Waals surface area contributed by atoms with Crippen molar-refractivity contribution < 1.29 is 0 Å². The Morgan fingerprint density at radius 3 is 2.44 bits per heavy atom. The molecule has 128 valence electrons. The molecule has 2 aromatic carbocycles. The van der Waals surface area contributed by atoms with Crippen molar-refractivity contribution in [1.29, 1.82) is 0 Å². The smallest absolute Gasteiger partial charge is 0.280 e. The van der Waals surface area contributed by atoms with Crippen molar-refractivity contribution >= 4 is 17.1 Å². The van der Waals surface area contributed by atoms with Crippen LogP contribution in [0.3, 0.4) is 0 Å². The molecule has 0 fully saturated rings. The molecule has 3 rings (SSSR count). The Morgan fingerprint density at radius 2 is 1.80 bits per heavy atom. The lowest BCUT2D eigenvalue weighted by atomic mass is 10.1. The average molecular weight is 334 g/mol. The molecule has 0 amide bonds. The number of para-hydroxylation sites is 1. The average Bonchev–Trinajstić information content (AvgIpc) is 2.92. The van der Waals surface area contributed by atoms with E-state index in [0.29, 0.717) is 11.3 Å². The van der Waals surface area contributed by atoms with Crippen LogP contribution in [0.4, 0.5) is 11.4 Å². The van der Waals surface area contributed by atoms with Gasteiger partial charge in [0.1, 0.15) is 0 Å². The van der Waals surface area contributed by atoms with Crippen molar-refractivity contribution in [2.75, 3.05) is 5.73 Å². The van der Waals surface area contributed by atoms with E-state index < -0.39 is 0 Å². The van der Waals surface area contributed by atoms with Crippen LogP contribution in [-0.4, -0.2) is 15.5 Å². The summed E-state index contributed by atoms with van der Waals surface area (Å²) < 4.78 is 1.57. The molecule has 0 aliphatic carbocycles. The maximum atomic E-state index is 13.0. The molecule has 3 aromatic rings. The van der Waals surface area contributed by atoms with Gasteiger partial charge >= 0.3 is 0 Å². The zero-order chi connectivity index (χ0) is 17.8. The number of anilines is 1. The number of hydrogen-bond donors (Lipinski definition) is 2. The lowest BCUT2D eigenvalue weighted by Gasteiger charge is -2.04. The molecule has 0 saturated carbocycles. The maximum Gasteiger partial charge on any atom is 0.280 e. The Hall–Kier alpha value is -3.08. The van der Waals surface area contributed by atoms with E-state index in [-0.39, 0.29) is 5.56 Å². The highest BCUT2D eigenvalue weighted by atomic mass is 16.1. The Kier molecular flexibility index (Phi) is 4.84. The summed E-state index contributed by atoms with van der Waals surface area (Å²) in [6.45, 7) is 3.99. The standard InChI is InChI=1S/C20H22N4O/c1-3-7-18(22-16-12-10-15(21)11-13-16)19-14(2)23-24(20(19)25)17-8-5-4-6-9-17/h4-6,8-13,23H,3,7,21H2,1-2H3. The molecule has 0 bridgehead atoms. The number of nitrogens with one attached hydrogen (secondary N) is 1. The Balaban J connectivity index is 2.10. The van der Waals surface area contributed by atoms with E-state index >= 15 is 0 Å². The highest BCUT2D eigenvalue weighted by molar-refractivity contribution is 6.02. The Morgan fingerprint density at radius 1 is 1.12 bits per heavy atom. The van der Waals surface area contributed by atoms with Gasteiger partial charge in [0.25, 0.3) is 5.56 Å². The summed E-state index contributed by atoms with van der Waals surface area (Å²) in [7, 11) is 0. The van der Waals surface area contributed by atoms with E-state index in [4.69, 9.17) is 10.7 Å². The molecule has 0 atom stereocenters. The van der Waals surface area contributed by atoms with Crippen molar-refractivity contribution in [2.45, 2.75) is 26.7 Å². The van der Waals surface area contributed by atoms with Crippen molar-refractivity contribution in [3.63, 3.8) is 0 Å². The highest BCUT2D eigenvalue weighted by Gasteiger charge is 2.17. The number of nitrogen functional groups attached to an aromatic ring is 1. The van der Waals surface area contributed by atoms with Gasteiger partial charge < -0.3 is 5.73 Å². The van der Waals surface area contributed by atoms with Crippen LogP contribution >= 0.6 is 0 Å². The lowest BCUT2D eigenvalue weighted by molar-refractivity contribution is 0.835. The van der Waals surface area contributed by atoms with Gasteiger partial charge in [-0.1, -0.05) is 31.5 Å². The largest absolute Gasteiger partial charge is 0.399 e. The normalized spacial score (nSPS) is 11.7. The fourth-order valence-electron chi connectivity index (χ4n) is 2.82. The SMILES string of the molecule is CCCC(=Nc1ccc(N)cc1)c1c(C)[nH]n(-c2ccccc2)c1=O. The van der Waals surface area contributed by atoms with Crippen LogP contribution in [0.2, 0.25) is 0 Å². The fourth-order valence-corrected chi connectivity index (χ4v) is 2.82. The lowest BCUT2D eigenvalue weighted by Crippen LogP contribution is -2.20. The van der Waals surface area contributed by atoms with Gasteiger partial charge in [0.15, 0.2) is 0 Å². The van der Waals surface area contributed by atoms with Gasteiger partial charge in [-0.05, 0) is 49.7 Å². The number of aryl methyl sites for hydroxylation is 1. The monoisotopic (exact) mass is 334 g/mol. The molecule has 1 aromatic heterocycles. The highest BCUT2D eigenvalue weighted by Crippen LogP contribution is 2.18. The van der Waals surface area contributed by atoms with Crippen molar-refractivity contribution in [3.05, 3.63) is 76.2 Å². The molecule has 5 nitrogen and oxygen atoms in total. The minimum absolute atomic E-state index is 0.0775. The molecule has 25 heavy (non-hydrogen) atoms. The molecule has 5 heteroatoms. The van der Waals surface area contributed by atoms with E-state index in [1.165, 1.54) is 0 Å². The molecular weight excluding hydrogens is 312 g/mol. The summed E-state index contributed by atoms with van der Waals surface area (Å²) in [5.74, 6) is 0. The first-order valence-electron chi connectivity index (χ1n) is 8.40. The number of benzene rings is 2. The summed E-state index contributed by atoms with van der Waals surface area (Å²) >= 11 is 0. The molecule has 0 saturated heterocycles. The van der Waals surface area contributed by atoms with Crippen LogP contribution in [0.15, 0.2) is 64.4 Å².